The highest BCUT2D eigenvalue weighted by molar-refractivity contribution is 5.94. The minimum absolute atomic E-state index is 0.166. The Kier molecular flexibility index (Phi) is 6.76. The van der Waals surface area contributed by atoms with Gasteiger partial charge in [-0.3, -0.25) is 4.79 Å². The van der Waals surface area contributed by atoms with Gasteiger partial charge in [-0.15, -0.1) is 0 Å². The molecular weight excluding hydrogens is 354 g/mol. The maximum absolute atomic E-state index is 12.7. The number of carbonyl (C=O) groups is 1. The zero-order valence-corrected chi connectivity index (χ0v) is 16.9. The SMILES string of the molecule is CC[C@@H](Oc1ccccc1OC)C(=O)Nc1ccc(N2CCN(C)CC2)cc1. The van der Waals surface area contributed by atoms with E-state index in [9.17, 15) is 4.79 Å². The van der Waals surface area contributed by atoms with Crippen LogP contribution in [-0.2, 0) is 4.79 Å². The van der Waals surface area contributed by atoms with Gasteiger partial charge in [0.1, 0.15) is 0 Å². The van der Waals surface area contributed by atoms with Crippen molar-refractivity contribution in [3.63, 3.8) is 0 Å². The van der Waals surface area contributed by atoms with E-state index in [1.165, 1.54) is 5.69 Å². The van der Waals surface area contributed by atoms with Gasteiger partial charge in [-0.2, -0.15) is 0 Å². The maximum Gasteiger partial charge on any atom is 0.265 e. The van der Waals surface area contributed by atoms with Crippen LogP contribution < -0.4 is 19.7 Å². The number of ether oxygens (including phenoxy) is 2. The molecule has 28 heavy (non-hydrogen) atoms. The van der Waals surface area contributed by atoms with Gasteiger partial charge in [0.25, 0.3) is 5.91 Å². The number of nitrogens with one attached hydrogen (secondary N) is 1. The molecule has 0 aliphatic carbocycles. The summed E-state index contributed by atoms with van der Waals surface area (Å²) in [7, 11) is 3.73. The summed E-state index contributed by atoms with van der Waals surface area (Å²) in [6, 6.07) is 15.4. The van der Waals surface area contributed by atoms with Crippen LogP contribution in [-0.4, -0.2) is 57.2 Å². The predicted molar refractivity (Wildman–Crippen MR) is 112 cm³/mol. The van der Waals surface area contributed by atoms with Crippen LogP contribution in [0.4, 0.5) is 11.4 Å². The summed E-state index contributed by atoms with van der Waals surface area (Å²) in [5.41, 5.74) is 1.95. The van der Waals surface area contributed by atoms with Crippen molar-refractivity contribution in [2.24, 2.45) is 0 Å². The number of methoxy groups -OCH3 is 1. The summed E-state index contributed by atoms with van der Waals surface area (Å²) in [6.45, 7) is 6.10. The van der Waals surface area contributed by atoms with Crippen molar-refractivity contribution in [2.75, 3.05) is 50.6 Å². The number of hydrogen-bond donors (Lipinski definition) is 1. The lowest BCUT2D eigenvalue weighted by Gasteiger charge is -2.34. The van der Waals surface area contributed by atoms with Gasteiger partial charge in [-0.05, 0) is 49.9 Å². The van der Waals surface area contributed by atoms with Gasteiger partial charge in [-0.1, -0.05) is 19.1 Å². The summed E-state index contributed by atoms with van der Waals surface area (Å²) in [5.74, 6) is 1.02. The Morgan fingerprint density at radius 3 is 2.29 bits per heavy atom. The molecule has 1 aliphatic rings. The lowest BCUT2D eigenvalue weighted by atomic mass is 10.2. The number of anilines is 2. The van der Waals surface area contributed by atoms with Crippen LogP contribution in [0.1, 0.15) is 13.3 Å². The molecule has 1 saturated heterocycles. The Morgan fingerprint density at radius 1 is 1.04 bits per heavy atom. The summed E-state index contributed by atoms with van der Waals surface area (Å²) < 4.78 is 11.2. The smallest absolute Gasteiger partial charge is 0.265 e. The zero-order valence-electron chi connectivity index (χ0n) is 16.9. The number of rotatable bonds is 7. The Balaban J connectivity index is 1.61. The topological polar surface area (TPSA) is 54.0 Å². The van der Waals surface area contributed by atoms with Crippen LogP contribution in [0.5, 0.6) is 11.5 Å². The first-order valence-electron chi connectivity index (χ1n) is 9.74. The second-order valence-corrected chi connectivity index (χ2v) is 6.99. The summed E-state index contributed by atoms with van der Waals surface area (Å²) >= 11 is 0. The number of piperazine rings is 1. The fourth-order valence-corrected chi connectivity index (χ4v) is 3.23. The molecule has 0 radical (unpaired) electrons. The quantitative estimate of drug-likeness (QED) is 0.795. The molecule has 1 atom stereocenters. The van der Waals surface area contributed by atoms with Crippen LogP contribution in [0.15, 0.2) is 48.5 Å². The van der Waals surface area contributed by atoms with E-state index in [4.69, 9.17) is 9.47 Å². The molecule has 2 aromatic rings. The summed E-state index contributed by atoms with van der Waals surface area (Å²) in [6.07, 6.45) is -0.0305. The Labute approximate surface area is 167 Å². The van der Waals surface area contributed by atoms with Crippen molar-refractivity contribution in [3.8, 4) is 11.5 Å². The molecule has 1 fully saturated rings. The van der Waals surface area contributed by atoms with Gasteiger partial charge in [-0.25, -0.2) is 0 Å². The third-order valence-corrected chi connectivity index (χ3v) is 5.00. The van der Waals surface area contributed by atoms with Gasteiger partial charge in [0, 0.05) is 37.6 Å². The van der Waals surface area contributed by atoms with Gasteiger partial charge < -0.3 is 24.6 Å². The maximum atomic E-state index is 12.7. The normalized spacial score (nSPS) is 15.8. The monoisotopic (exact) mass is 383 g/mol. The molecule has 6 nitrogen and oxygen atoms in total. The van der Waals surface area contributed by atoms with E-state index in [1.807, 2.05) is 37.3 Å². The molecule has 1 aliphatic heterocycles. The third kappa shape index (κ3) is 4.95. The first-order chi connectivity index (χ1) is 13.6. The van der Waals surface area contributed by atoms with Gasteiger partial charge in [0.15, 0.2) is 17.6 Å². The summed E-state index contributed by atoms with van der Waals surface area (Å²) in [4.78, 5) is 17.4. The highest BCUT2D eigenvalue weighted by atomic mass is 16.5. The molecule has 1 heterocycles. The highest BCUT2D eigenvalue weighted by Crippen LogP contribution is 2.27. The van der Waals surface area contributed by atoms with Crippen molar-refractivity contribution in [3.05, 3.63) is 48.5 Å². The number of para-hydroxylation sites is 2. The van der Waals surface area contributed by atoms with Gasteiger partial charge >= 0.3 is 0 Å². The molecule has 0 aromatic heterocycles. The van der Waals surface area contributed by atoms with Crippen LogP contribution >= 0.6 is 0 Å². The molecule has 0 unspecified atom stereocenters. The molecule has 2 aromatic carbocycles. The van der Waals surface area contributed by atoms with E-state index in [-0.39, 0.29) is 5.91 Å². The first kappa shape index (κ1) is 20.0. The summed E-state index contributed by atoms with van der Waals surface area (Å²) in [5, 5.41) is 2.96. The molecule has 1 N–H and O–H groups in total. The average Bonchev–Trinajstić information content (AvgIpc) is 2.73. The Bertz CT molecular complexity index is 771. The van der Waals surface area contributed by atoms with E-state index >= 15 is 0 Å². The average molecular weight is 383 g/mol. The second-order valence-electron chi connectivity index (χ2n) is 6.99. The minimum Gasteiger partial charge on any atom is -0.493 e. The number of carbonyl (C=O) groups excluding carboxylic acids is 1. The number of likely N-dealkylation sites (N-methyl/N-ethyl adjacent to an activating group) is 1. The molecule has 6 heteroatoms. The standard InChI is InChI=1S/C22H29N3O3/c1-4-19(28-21-8-6-5-7-20(21)27-3)22(26)23-17-9-11-18(12-10-17)25-15-13-24(2)14-16-25/h5-12,19H,4,13-16H2,1-3H3,(H,23,26)/t19-/m1/s1. The Morgan fingerprint density at radius 2 is 1.68 bits per heavy atom. The fraction of sp³-hybridized carbons (Fsp3) is 0.409. The van der Waals surface area contributed by atoms with E-state index in [0.29, 0.717) is 17.9 Å². The minimum atomic E-state index is -0.589. The molecular formula is C22H29N3O3. The fourth-order valence-electron chi connectivity index (χ4n) is 3.23. The number of nitrogens with zero attached hydrogens (tertiary/aromatic N) is 2. The lowest BCUT2D eigenvalue weighted by molar-refractivity contribution is -0.122. The molecule has 150 valence electrons. The van der Waals surface area contributed by atoms with E-state index < -0.39 is 6.10 Å². The van der Waals surface area contributed by atoms with E-state index in [0.717, 1.165) is 31.9 Å². The van der Waals surface area contributed by atoms with Crippen molar-refractivity contribution < 1.29 is 14.3 Å². The highest BCUT2D eigenvalue weighted by Gasteiger charge is 2.20. The first-order valence-corrected chi connectivity index (χ1v) is 9.74. The molecule has 0 bridgehead atoms. The molecule has 0 spiro atoms. The van der Waals surface area contributed by atoms with Crippen molar-refractivity contribution in [2.45, 2.75) is 19.4 Å². The number of benzene rings is 2. The molecule has 3 rings (SSSR count). The largest absolute Gasteiger partial charge is 0.493 e. The second kappa shape index (κ2) is 9.46. The van der Waals surface area contributed by atoms with Crippen molar-refractivity contribution in [1.29, 1.82) is 0 Å². The lowest BCUT2D eigenvalue weighted by Crippen LogP contribution is -2.44. The van der Waals surface area contributed by atoms with Crippen LogP contribution in [0.3, 0.4) is 0 Å². The van der Waals surface area contributed by atoms with Gasteiger partial charge in [0.2, 0.25) is 0 Å². The van der Waals surface area contributed by atoms with Gasteiger partial charge in [0.05, 0.1) is 7.11 Å². The van der Waals surface area contributed by atoms with Crippen molar-refractivity contribution in [1.82, 2.24) is 4.90 Å². The van der Waals surface area contributed by atoms with E-state index in [2.05, 4.69) is 34.3 Å². The van der Waals surface area contributed by atoms with Crippen LogP contribution in [0, 0.1) is 0 Å². The van der Waals surface area contributed by atoms with E-state index in [1.54, 1.807) is 13.2 Å². The molecule has 0 saturated carbocycles. The third-order valence-electron chi connectivity index (χ3n) is 5.00. The van der Waals surface area contributed by atoms with Crippen LogP contribution in [0.25, 0.3) is 0 Å². The van der Waals surface area contributed by atoms with Crippen molar-refractivity contribution >= 4 is 17.3 Å². The molecule has 1 amide bonds. The Hall–Kier alpha value is -2.73. The number of hydrogen-bond acceptors (Lipinski definition) is 5. The number of amides is 1. The predicted octanol–water partition coefficient (Wildman–Crippen LogP) is 3.24. The van der Waals surface area contributed by atoms with Crippen LogP contribution in [0.2, 0.25) is 0 Å². The zero-order chi connectivity index (χ0) is 19.9.